The Labute approximate surface area is 96.3 Å². The molecular formula is C11H11F2NO3. The van der Waals surface area contributed by atoms with E-state index in [0.717, 1.165) is 0 Å². The number of carboxylic acid groups (broad SMARTS) is 1. The van der Waals surface area contributed by atoms with Crippen molar-refractivity contribution in [2.45, 2.75) is 18.9 Å². The number of hydrogen-bond donors (Lipinski definition) is 2. The fraction of sp³-hybridized carbons (Fsp3) is 0.273. The lowest BCUT2D eigenvalue weighted by atomic mass is 10.0. The molecule has 0 spiro atoms. The zero-order valence-corrected chi connectivity index (χ0v) is 8.77. The van der Waals surface area contributed by atoms with Gasteiger partial charge in [0.15, 0.2) is 0 Å². The third-order valence-electron chi connectivity index (χ3n) is 2.24. The van der Waals surface area contributed by atoms with E-state index >= 15 is 0 Å². The van der Waals surface area contributed by atoms with Gasteiger partial charge in [-0.05, 0) is 5.56 Å². The average molecular weight is 243 g/mol. The van der Waals surface area contributed by atoms with E-state index in [1.165, 1.54) is 24.3 Å². The van der Waals surface area contributed by atoms with Crippen LogP contribution in [0.5, 0.6) is 0 Å². The first-order valence-corrected chi connectivity index (χ1v) is 4.84. The molecule has 0 saturated heterocycles. The standard InChI is InChI=1S/C11H11F2NO3/c12-11(13)8-3-1-7(2-4-8)9(14-6-15)5-10(16)17/h1-4,6,9,11H,5H2,(H,14,15)(H,16,17). The molecule has 0 aliphatic rings. The van der Waals surface area contributed by atoms with Gasteiger partial charge >= 0.3 is 5.97 Å². The Balaban J connectivity index is 2.86. The zero-order valence-electron chi connectivity index (χ0n) is 8.77. The number of alkyl halides is 2. The van der Waals surface area contributed by atoms with Crippen LogP contribution in [0.1, 0.15) is 30.0 Å². The van der Waals surface area contributed by atoms with Gasteiger partial charge in [0.05, 0.1) is 12.5 Å². The Morgan fingerprint density at radius 3 is 2.24 bits per heavy atom. The number of rotatable bonds is 6. The number of aliphatic carboxylic acids is 1. The molecule has 17 heavy (non-hydrogen) atoms. The van der Waals surface area contributed by atoms with Gasteiger partial charge < -0.3 is 10.4 Å². The number of nitrogens with one attached hydrogen (secondary N) is 1. The van der Waals surface area contributed by atoms with Gasteiger partial charge in [-0.3, -0.25) is 9.59 Å². The molecule has 0 radical (unpaired) electrons. The highest BCUT2D eigenvalue weighted by atomic mass is 19.3. The highest BCUT2D eigenvalue weighted by molar-refractivity contribution is 5.68. The Morgan fingerprint density at radius 2 is 1.82 bits per heavy atom. The summed E-state index contributed by atoms with van der Waals surface area (Å²) in [5.41, 5.74) is 0.331. The minimum atomic E-state index is -2.57. The van der Waals surface area contributed by atoms with Crippen molar-refractivity contribution < 1.29 is 23.5 Å². The van der Waals surface area contributed by atoms with Crippen molar-refractivity contribution in [3.05, 3.63) is 35.4 Å². The predicted molar refractivity (Wildman–Crippen MR) is 55.6 cm³/mol. The van der Waals surface area contributed by atoms with Crippen LogP contribution in [0.25, 0.3) is 0 Å². The van der Waals surface area contributed by atoms with Crippen LogP contribution in [0.15, 0.2) is 24.3 Å². The molecule has 6 heteroatoms. The highest BCUT2D eigenvalue weighted by Gasteiger charge is 2.15. The molecule has 0 heterocycles. The second-order valence-corrected chi connectivity index (χ2v) is 3.40. The van der Waals surface area contributed by atoms with E-state index in [-0.39, 0.29) is 12.0 Å². The molecule has 1 rings (SSSR count). The second kappa shape index (κ2) is 5.93. The molecule has 1 aromatic rings. The number of amides is 1. The maximum atomic E-state index is 12.3. The summed E-state index contributed by atoms with van der Waals surface area (Å²) in [7, 11) is 0. The van der Waals surface area contributed by atoms with Crippen molar-refractivity contribution in [2.24, 2.45) is 0 Å². The monoisotopic (exact) mass is 243 g/mol. The van der Waals surface area contributed by atoms with Crippen LogP contribution in [-0.2, 0) is 9.59 Å². The first-order valence-electron chi connectivity index (χ1n) is 4.84. The molecule has 0 bridgehead atoms. The largest absolute Gasteiger partial charge is 0.481 e. The Bertz CT molecular complexity index is 392. The molecule has 4 nitrogen and oxygen atoms in total. The number of hydrogen-bond acceptors (Lipinski definition) is 2. The number of carboxylic acids is 1. The van der Waals surface area contributed by atoms with E-state index < -0.39 is 18.4 Å². The predicted octanol–water partition coefficient (Wildman–Crippen LogP) is 1.89. The van der Waals surface area contributed by atoms with Gasteiger partial charge in [0.25, 0.3) is 6.43 Å². The molecule has 92 valence electrons. The zero-order chi connectivity index (χ0) is 12.8. The quantitative estimate of drug-likeness (QED) is 0.750. The highest BCUT2D eigenvalue weighted by Crippen LogP contribution is 2.22. The molecule has 1 atom stereocenters. The first kappa shape index (κ1) is 13.1. The van der Waals surface area contributed by atoms with Crippen molar-refractivity contribution in [1.82, 2.24) is 5.32 Å². The SMILES string of the molecule is O=CNC(CC(=O)O)c1ccc(C(F)F)cc1. The third-order valence-corrected chi connectivity index (χ3v) is 2.24. The number of halogens is 2. The van der Waals surface area contributed by atoms with Crippen molar-refractivity contribution in [3.63, 3.8) is 0 Å². The molecule has 0 aliphatic carbocycles. The Morgan fingerprint density at radius 1 is 1.29 bits per heavy atom. The molecule has 1 aromatic carbocycles. The molecule has 1 amide bonds. The van der Waals surface area contributed by atoms with Gasteiger partial charge in [0.2, 0.25) is 6.41 Å². The molecular weight excluding hydrogens is 232 g/mol. The summed E-state index contributed by atoms with van der Waals surface area (Å²) in [5.74, 6) is -1.08. The minimum absolute atomic E-state index is 0.145. The topological polar surface area (TPSA) is 66.4 Å². The van der Waals surface area contributed by atoms with Crippen LogP contribution < -0.4 is 5.32 Å². The lowest BCUT2D eigenvalue weighted by molar-refractivity contribution is -0.137. The Hall–Kier alpha value is -1.98. The Kier molecular flexibility index (Phi) is 4.56. The maximum Gasteiger partial charge on any atom is 0.305 e. The van der Waals surface area contributed by atoms with Crippen LogP contribution in [0.4, 0.5) is 8.78 Å². The van der Waals surface area contributed by atoms with Crippen molar-refractivity contribution >= 4 is 12.4 Å². The summed E-state index contributed by atoms with van der Waals surface area (Å²) in [6.07, 6.45) is -2.48. The molecule has 0 fully saturated rings. The van der Waals surface area contributed by atoms with Gasteiger partial charge in [-0.25, -0.2) is 8.78 Å². The normalized spacial score (nSPS) is 12.2. The maximum absolute atomic E-state index is 12.3. The van der Waals surface area contributed by atoms with E-state index in [4.69, 9.17) is 5.11 Å². The first-order chi connectivity index (χ1) is 8.04. The van der Waals surface area contributed by atoms with E-state index in [1.54, 1.807) is 0 Å². The smallest absolute Gasteiger partial charge is 0.305 e. The molecule has 2 N–H and O–H groups in total. The molecule has 1 unspecified atom stereocenters. The summed E-state index contributed by atoms with van der Waals surface area (Å²) in [5, 5.41) is 11.0. The lowest BCUT2D eigenvalue weighted by Crippen LogP contribution is -2.22. The van der Waals surface area contributed by atoms with Crippen molar-refractivity contribution in [2.75, 3.05) is 0 Å². The summed E-state index contributed by atoms with van der Waals surface area (Å²) in [6.45, 7) is 0. The summed E-state index contributed by atoms with van der Waals surface area (Å²) in [6, 6.07) is 4.47. The second-order valence-electron chi connectivity index (χ2n) is 3.40. The lowest BCUT2D eigenvalue weighted by Gasteiger charge is -2.14. The van der Waals surface area contributed by atoms with Crippen LogP contribution in [0, 0.1) is 0 Å². The van der Waals surface area contributed by atoms with Crippen LogP contribution >= 0.6 is 0 Å². The summed E-state index contributed by atoms with van der Waals surface area (Å²) in [4.78, 5) is 20.9. The molecule has 0 aliphatic heterocycles. The summed E-state index contributed by atoms with van der Waals surface area (Å²) >= 11 is 0. The van der Waals surface area contributed by atoms with Gasteiger partial charge in [0.1, 0.15) is 0 Å². The fourth-order valence-electron chi connectivity index (χ4n) is 1.40. The van der Waals surface area contributed by atoms with Crippen LogP contribution in [0.2, 0.25) is 0 Å². The minimum Gasteiger partial charge on any atom is -0.481 e. The third kappa shape index (κ3) is 3.82. The van der Waals surface area contributed by atoms with Gasteiger partial charge in [-0.2, -0.15) is 0 Å². The van der Waals surface area contributed by atoms with Crippen molar-refractivity contribution in [1.29, 1.82) is 0 Å². The van der Waals surface area contributed by atoms with Crippen LogP contribution in [-0.4, -0.2) is 17.5 Å². The van der Waals surface area contributed by atoms with E-state index in [2.05, 4.69) is 5.32 Å². The number of carbonyl (C=O) groups excluding carboxylic acids is 1. The fourth-order valence-corrected chi connectivity index (χ4v) is 1.40. The summed E-state index contributed by atoms with van der Waals surface area (Å²) < 4.78 is 24.6. The number of carbonyl (C=O) groups is 2. The van der Waals surface area contributed by atoms with Gasteiger partial charge in [0, 0.05) is 5.56 Å². The van der Waals surface area contributed by atoms with E-state index in [9.17, 15) is 18.4 Å². The molecule has 0 saturated carbocycles. The van der Waals surface area contributed by atoms with Gasteiger partial charge in [-0.1, -0.05) is 24.3 Å². The van der Waals surface area contributed by atoms with E-state index in [1.807, 2.05) is 0 Å². The van der Waals surface area contributed by atoms with E-state index in [0.29, 0.717) is 12.0 Å². The molecule has 0 aromatic heterocycles. The van der Waals surface area contributed by atoms with Crippen LogP contribution in [0.3, 0.4) is 0 Å². The average Bonchev–Trinajstić information content (AvgIpc) is 2.28. The van der Waals surface area contributed by atoms with Crippen molar-refractivity contribution in [3.8, 4) is 0 Å². The van der Waals surface area contributed by atoms with Gasteiger partial charge in [-0.15, -0.1) is 0 Å². The number of benzene rings is 1.